The lowest BCUT2D eigenvalue weighted by atomic mass is 10.1. The minimum absolute atomic E-state index is 0.0947. The van der Waals surface area contributed by atoms with Crippen LogP contribution in [0.15, 0.2) is 36.8 Å². The molecular formula is C13H14N2O3. The van der Waals surface area contributed by atoms with Crippen molar-refractivity contribution in [3.05, 3.63) is 36.8 Å². The SMILES string of the molecule is CCOc1ccc(-c2cncn2CC(=O)O)cc1. The molecule has 0 amide bonds. The highest BCUT2D eigenvalue weighted by Crippen LogP contribution is 2.22. The van der Waals surface area contributed by atoms with E-state index in [1.54, 1.807) is 10.8 Å². The van der Waals surface area contributed by atoms with E-state index in [9.17, 15) is 4.79 Å². The third-order valence-corrected chi connectivity index (χ3v) is 2.48. The Kier molecular flexibility index (Phi) is 3.62. The van der Waals surface area contributed by atoms with Crippen molar-refractivity contribution < 1.29 is 14.6 Å². The molecule has 18 heavy (non-hydrogen) atoms. The number of nitrogens with zero attached hydrogens (tertiary/aromatic N) is 2. The molecule has 94 valence electrons. The first-order valence-corrected chi connectivity index (χ1v) is 5.66. The van der Waals surface area contributed by atoms with Crippen molar-refractivity contribution in [3.8, 4) is 17.0 Å². The van der Waals surface area contributed by atoms with Crippen molar-refractivity contribution in [2.75, 3.05) is 6.61 Å². The van der Waals surface area contributed by atoms with Gasteiger partial charge in [-0.05, 0) is 31.2 Å². The monoisotopic (exact) mass is 246 g/mol. The summed E-state index contributed by atoms with van der Waals surface area (Å²) in [5.41, 5.74) is 1.69. The van der Waals surface area contributed by atoms with Crippen LogP contribution in [0.1, 0.15) is 6.92 Å². The van der Waals surface area contributed by atoms with Crippen molar-refractivity contribution in [2.45, 2.75) is 13.5 Å². The summed E-state index contributed by atoms with van der Waals surface area (Å²) < 4.78 is 6.95. The number of imidazole rings is 1. The first-order valence-electron chi connectivity index (χ1n) is 5.66. The van der Waals surface area contributed by atoms with Crippen molar-refractivity contribution in [1.29, 1.82) is 0 Å². The van der Waals surface area contributed by atoms with Gasteiger partial charge in [0.2, 0.25) is 0 Å². The van der Waals surface area contributed by atoms with Gasteiger partial charge in [0, 0.05) is 5.56 Å². The Bertz CT molecular complexity index is 531. The molecule has 1 aromatic heterocycles. The number of carboxylic acid groups (broad SMARTS) is 1. The molecule has 0 atom stereocenters. The lowest BCUT2D eigenvalue weighted by Gasteiger charge is -2.07. The second-order valence-electron chi connectivity index (χ2n) is 3.76. The smallest absolute Gasteiger partial charge is 0.323 e. The van der Waals surface area contributed by atoms with Crippen LogP contribution >= 0.6 is 0 Å². The zero-order chi connectivity index (χ0) is 13.0. The molecule has 0 saturated carbocycles. The summed E-state index contributed by atoms with van der Waals surface area (Å²) in [5.74, 6) is -0.0919. The third-order valence-electron chi connectivity index (χ3n) is 2.48. The van der Waals surface area contributed by atoms with E-state index in [1.807, 2.05) is 31.2 Å². The quantitative estimate of drug-likeness (QED) is 0.876. The molecule has 1 aromatic carbocycles. The normalized spacial score (nSPS) is 10.3. The molecule has 1 N–H and O–H groups in total. The zero-order valence-electron chi connectivity index (χ0n) is 10.0. The number of rotatable bonds is 5. The molecule has 0 aliphatic heterocycles. The average molecular weight is 246 g/mol. The lowest BCUT2D eigenvalue weighted by molar-refractivity contribution is -0.137. The number of aliphatic carboxylic acids is 1. The first kappa shape index (κ1) is 12.2. The fourth-order valence-corrected chi connectivity index (χ4v) is 1.72. The number of aromatic nitrogens is 2. The summed E-state index contributed by atoms with van der Waals surface area (Å²) >= 11 is 0. The Balaban J connectivity index is 2.25. The Labute approximate surface area is 105 Å². The standard InChI is InChI=1S/C13H14N2O3/c1-2-18-11-5-3-10(4-6-11)12-7-14-9-15(12)8-13(16)17/h3-7,9H,2,8H2,1H3,(H,16,17). The number of carboxylic acids is 1. The fourth-order valence-electron chi connectivity index (χ4n) is 1.72. The first-order chi connectivity index (χ1) is 8.70. The van der Waals surface area contributed by atoms with E-state index in [1.165, 1.54) is 6.33 Å². The Morgan fingerprint density at radius 1 is 1.39 bits per heavy atom. The van der Waals surface area contributed by atoms with Gasteiger partial charge in [0.05, 0.1) is 24.8 Å². The Morgan fingerprint density at radius 3 is 2.72 bits per heavy atom. The lowest BCUT2D eigenvalue weighted by Crippen LogP contribution is -2.08. The van der Waals surface area contributed by atoms with E-state index in [4.69, 9.17) is 9.84 Å². The molecule has 0 radical (unpaired) electrons. The van der Waals surface area contributed by atoms with E-state index in [0.29, 0.717) is 6.61 Å². The van der Waals surface area contributed by atoms with Gasteiger partial charge >= 0.3 is 5.97 Å². The summed E-state index contributed by atoms with van der Waals surface area (Å²) in [6.07, 6.45) is 3.17. The van der Waals surface area contributed by atoms with Crippen molar-refractivity contribution >= 4 is 5.97 Å². The van der Waals surface area contributed by atoms with Crippen molar-refractivity contribution in [3.63, 3.8) is 0 Å². The minimum Gasteiger partial charge on any atom is -0.494 e. The van der Waals surface area contributed by atoms with Gasteiger partial charge in [0.15, 0.2) is 0 Å². The molecule has 0 spiro atoms. The summed E-state index contributed by atoms with van der Waals surface area (Å²) in [6, 6.07) is 7.49. The maximum Gasteiger partial charge on any atom is 0.323 e. The fraction of sp³-hybridized carbons (Fsp3) is 0.231. The van der Waals surface area contributed by atoms with Crippen molar-refractivity contribution in [2.24, 2.45) is 0 Å². The summed E-state index contributed by atoms with van der Waals surface area (Å²) in [4.78, 5) is 14.7. The zero-order valence-corrected chi connectivity index (χ0v) is 10.0. The Morgan fingerprint density at radius 2 is 2.11 bits per heavy atom. The van der Waals surface area contributed by atoms with Crippen LogP contribution in [0.25, 0.3) is 11.3 Å². The van der Waals surface area contributed by atoms with Gasteiger partial charge < -0.3 is 14.4 Å². The second kappa shape index (κ2) is 5.35. The van der Waals surface area contributed by atoms with Gasteiger partial charge in [-0.15, -0.1) is 0 Å². The molecular weight excluding hydrogens is 232 g/mol. The topological polar surface area (TPSA) is 64.4 Å². The second-order valence-corrected chi connectivity index (χ2v) is 3.76. The van der Waals surface area contributed by atoms with Crippen LogP contribution in [0.4, 0.5) is 0 Å². The molecule has 2 rings (SSSR count). The predicted octanol–water partition coefficient (Wildman–Crippen LogP) is 2.03. The summed E-state index contributed by atoms with van der Waals surface area (Å²) in [5, 5.41) is 8.80. The molecule has 5 nitrogen and oxygen atoms in total. The van der Waals surface area contributed by atoms with E-state index in [-0.39, 0.29) is 6.54 Å². The number of hydrogen-bond donors (Lipinski definition) is 1. The van der Waals surface area contributed by atoms with Gasteiger partial charge in [-0.1, -0.05) is 0 Å². The molecule has 0 aliphatic rings. The molecule has 0 bridgehead atoms. The van der Waals surface area contributed by atoms with Crippen LogP contribution in [-0.2, 0) is 11.3 Å². The van der Waals surface area contributed by atoms with E-state index < -0.39 is 5.97 Å². The number of ether oxygens (including phenoxy) is 1. The van der Waals surface area contributed by atoms with Crippen molar-refractivity contribution in [1.82, 2.24) is 9.55 Å². The van der Waals surface area contributed by atoms with Crippen LogP contribution in [0.3, 0.4) is 0 Å². The van der Waals surface area contributed by atoms with Crippen LogP contribution in [-0.4, -0.2) is 27.2 Å². The maximum atomic E-state index is 10.7. The van der Waals surface area contributed by atoms with Crippen LogP contribution in [0, 0.1) is 0 Å². The Hall–Kier alpha value is -2.30. The van der Waals surface area contributed by atoms with Gasteiger partial charge in [0.1, 0.15) is 12.3 Å². The summed E-state index contributed by atoms with van der Waals surface area (Å²) in [6.45, 7) is 2.45. The largest absolute Gasteiger partial charge is 0.494 e. The van der Waals surface area contributed by atoms with Gasteiger partial charge in [0.25, 0.3) is 0 Å². The third kappa shape index (κ3) is 2.68. The van der Waals surface area contributed by atoms with E-state index in [2.05, 4.69) is 4.98 Å². The van der Waals surface area contributed by atoms with Crippen LogP contribution in [0.5, 0.6) is 5.75 Å². The van der Waals surface area contributed by atoms with E-state index >= 15 is 0 Å². The molecule has 0 unspecified atom stereocenters. The number of carbonyl (C=O) groups is 1. The molecule has 5 heteroatoms. The maximum absolute atomic E-state index is 10.7. The van der Waals surface area contributed by atoms with Gasteiger partial charge in [-0.25, -0.2) is 4.98 Å². The molecule has 2 aromatic rings. The molecule has 0 saturated heterocycles. The average Bonchev–Trinajstić information content (AvgIpc) is 2.78. The van der Waals surface area contributed by atoms with Crippen LogP contribution in [0.2, 0.25) is 0 Å². The number of benzene rings is 1. The van der Waals surface area contributed by atoms with Gasteiger partial charge in [-0.2, -0.15) is 0 Å². The highest BCUT2D eigenvalue weighted by Gasteiger charge is 2.07. The van der Waals surface area contributed by atoms with E-state index in [0.717, 1.165) is 17.0 Å². The molecule has 0 aliphatic carbocycles. The predicted molar refractivity (Wildman–Crippen MR) is 66.5 cm³/mol. The van der Waals surface area contributed by atoms with Gasteiger partial charge in [-0.3, -0.25) is 4.79 Å². The highest BCUT2D eigenvalue weighted by molar-refractivity contribution is 5.69. The molecule has 0 fully saturated rings. The molecule has 1 heterocycles. The van der Waals surface area contributed by atoms with Crippen LogP contribution < -0.4 is 4.74 Å². The highest BCUT2D eigenvalue weighted by atomic mass is 16.5. The minimum atomic E-state index is -0.889. The summed E-state index contributed by atoms with van der Waals surface area (Å²) in [7, 11) is 0. The number of hydrogen-bond acceptors (Lipinski definition) is 3.